The minimum Gasteiger partial charge on any atom is -0.490 e. The maximum atomic E-state index is 12.2. The van der Waals surface area contributed by atoms with Crippen molar-refractivity contribution >= 4 is 5.78 Å². The molecule has 3 heteroatoms. The van der Waals surface area contributed by atoms with Crippen LogP contribution in [-0.4, -0.2) is 19.0 Å². The van der Waals surface area contributed by atoms with Crippen molar-refractivity contribution in [2.24, 2.45) is 5.92 Å². The molecule has 0 spiro atoms. The molecule has 0 saturated heterocycles. The van der Waals surface area contributed by atoms with Crippen molar-refractivity contribution in [3.8, 4) is 11.5 Å². The fourth-order valence-electron chi connectivity index (χ4n) is 1.79. The molecule has 1 aromatic rings. The molecule has 0 radical (unpaired) electrons. The van der Waals surface area contributed by atoms with Crippen LogP contribution in [0.3, 0.4) is 0 Å². The minimum absolute atomic E-state index is 0.0384. The lowest BCUT2D eigenvalue weighted by molar-refractivity contribution is 0.0926. The highest BCUT2D eigenvalue weighted by atomic mass is 16.5. The number of hydrogen-bond acceptors (Lipinski definition) is 3. The molecule has 1 aromatic carbocycles. The normalized spacial score (nSPS) is 12.0. The van der Waals surface area contributed by atoms with E-state index in [1.807, 2.05) is 32.0 Å². The maximum absolute atomic E-state index is 12.2. The second kappa shape index (κ2) is 8.62. The quantitative estimate of drug-likeness (QED) is 0.624. The monoisotopic (exact) mass is 278 g/mol. The molecule has 112 valence electrons. The highest BCUT2D eigenvalue weighted by molar-refractivity contribution is 5.98. The predicted octanol–water partition coefficient (Wildman–Crippen LogP) is 4.49. The Morgan fingerprint density at radius 2 is 1.65 bits per heavy atom. The summed E-state index contributed by atoms with van der Waals surface area (Å²) < 4.78 is 11.4. The van der Waals surface area contributed by atoms with Crippen LogP contribution in [0.15, 0.2) is 18.2 Å². The summed E-state index contributed by atoms with van der Waals surface area (Å²) in [5.41, 5.74) is 0.703. The van der Waals surface area contributed by atoms with Gasteiger partial charge in [-0.05, 0) is 37.5 Å². The summed E-state index contributed by atoms with van der Waals surface area (Å²) in [5.74, 6) is 1.60. The van der Waals surface area contributed by atoms with E-state index in [0.29, 0.717) is 24.5 Å². The minimum atomic E-state index is 0.0384. The zero-order chi connectivity index (χ0) is 15.0. The molecule has 3 nitrogen and oxygen atoms in total. The molecule has 0 aromatic heterocycles. The molecule has 1 unspecified atom stereocenters. The summed E-state index contributed by atoms with van der Waals surface area (Å²) in [7, 11) is 0. The van der Waals surface area contributed by atoms with Crippen LogP contribution in [-0.2, 0) is 0 Å². The van der Waals surface area contributed by atoms with Crippen LogP contribution in [0, 0.1) is 5.92 Å². The molecule has 20 heavy (non-hydrogen) atoms. The van der Waals surface area contributed by atoms with E-state index in [-0.39, 0.29) is 11.7 Å². The van der Waals surface area contributed by atoms with Gasteiger partial charge in [0.15, 0.2) is 17.3 Å². The predicted molar refractivity (Wildman–Crippen MR) is 81.8 cm³/mol. The van der Waals surface area contributed by atoms with E-state index < -0.39 is 0 Å². The molecule has 0 aliphatic heterocycles. The third kappa shape index (κ3) is 4.55. The number of ether oxygens (including phenoxy) is 2. The first-order valence-corrected chi connectivity index (χ1v) is 7.57. The molecule has 0 aliphatic carbocycles. The molecule has 1 atom stereocenters. The van der Waals surface area contributed by atoms with Gasteiger partial charge in [-0.1, -0.05) is 27.7 Å². The number of carbonyl (C=O) groups is 1. The second-order valence-electron chi connectivity index (χ2n) is 5.03. The third-order valence-corrected chi connectivity index (χ3v) is 3.21. The number of carbonyl (C=O) groups excluding carboxylic acids is 1. The van der Waals surface area contributed by atoms with Crippen molar-refractivity contribution in [2.75, 3.05) is 13.2 Å². The number of benzene rings is 1. The lowest BCUT2D eigenvalue weighted by atomic mass is 9.97. The lowest BCUT2D eigenvalue weighted by Gasteiger charge is -2.14. The largest absolute Gasteiger partial charge is 0.490 e. The van der Waals surface area contributed by atoms with Crippen molar-refractivity contribution < 1.29 is 14.3 Å². The third-order valence-electron chi connectivity index (χ3n) is 3.21. The van der Waals surface area contributed by atoms with Gasteiger partial charge in [-0.25, -0.2) is 0 Å². The van der Waals surface area contributed by atoms with Crippen molar-refractivity contribution in [2.45, 2.75) is 47.0 Å². The van der Waals surface area contributed by atoms with E-state index in [1.54, 1.807) is 0 Å². The Balaban J connectivity index is 2.96. The van der Waals surface area contributed by atoms with E-state index in [1.165, 1.54) is 0 Å². The molecule has 0 fully saturated rings. The Hall–Kier alpha value is -1.51. The van der Waals surface area contributed by atoms with Crippen LogP contribution in [0.5, 0.6) is 11.5 Å². The van der Waals surface area contributed by atoms with E-state index >= 15 is 0 Å². The molecular formula is C17H26O3. The first kappa shape index (κ1) is 16.5. The Kier molecular flexibility index (Phi) is 7.13. The average Bonchev–Trinajstić information content (AvgIpc) is 2.49. The van der Waals surface area contributed by atoms with Gasteiger partial charge in [-0.15, -0.1) is 0 Å². The molecule has 0 aliphatic rings. The number of ketones is 1. The molecule has 0 amide bonds. The molecule has 0 saturated carbocycles. The van der Waals surface area contributed by atoms with Gasteiger partial charge in [0.25, 0.3) is 0 Å². The SMILES string of the molecule is CCCOc1ccc(C(=O)C(C)CC)cc1OCCC. The van der Waals surface area contributed by atoms with Crippen LogP contribution in [0.1, 0.15) is 57.3 Å². The lowest BCUT2D eigenvalue weighted by Crippen LogP contribution is -2.11. The van der Waals surface area contributed by atoms with E-state index in [0.717, 1.165) is 25.0 Å². The van der Waals surface area contributed by atoms with Gasteiger partial charge in [0.05, 0.1) is 13.2 Å². The summed E-state index contributed by atoms with van der Waals surface area (Å²) >= 11 is 0. The Morgan fingerprint density at radius 1 is 1.05 bits per heavy atom. The Morgan fingerprint density at radius 3 is 2.20 bits per heavy atom. The number of hydrogen-bond donors (Lipinski definition) is 0. The van der Waals surface area contributed by atoms with Crippen molar-refractivity contribution in [1.82, 2.24) is 0 Å². The summed E-state index contributed by atoms with van der Waals surface area (Å²) in [6.45, 7) is 9.38. The van der Waals surface area contributed by atoms with E-state index in [2.05, 4.69) is 13.8 Å². The van der Waals surface area contributed by atoms with Crippen molar-refractivity contribution in [3.63, 3.8) is 0 Å². The first-order chi connectivity index (χ1) is 9.63. The van der Waals surface area contributed by atoms with Crippen LogP contribution < -0.4 is 9.47 Å². The van der Waals surface area contributed by atoms with Crippen LogP contribution in [0.4, 0.5) is 0 Å². The summed E-state index contributed by atoms with van der Waals surface area (Å²) in [5, 5.41) is 0. The van der Waals surface area contributed by atoms with Gasteiger partial charge in [-0.2, -0.15) is 0 Å². The van der Waals surface area contributed by atoms with Crippen LogP contribution >= 0.6 is 0 Å². The summed E-state index contributed by atoms with van der Waals surface area (Å²) in [6, 6.07) is 5.49. The Labute approximate surface area is 122 Å². The summed E-state index contributed by atoms with van der Waals surface area (Å²) in [6.07, 6.45) is 2.72. The van der Waals surface area contributed by atoms with Gasteiger partial charge >= 0.3 is 0 Å². The topological polar surface area (TPSA) is 35.5 Å². The van der Waals surface area contributed by atoms with Gasteiger partial charge in [0.2, 0.25) is 0 Å². The molecular weight excluding hydrogens is 252 g/mol. The fraction of sp³-hybridized carbons (Fsp3) is 0.588. The van der Waals surface area contributed by atoms with Gasteiger partial charge in [0.1, 0.15) is 0 Å². The summed E-state index contributed by atoms with van der Waals surface area (Å²) in [4.78, 5) is 12.2. The second-order valence-corrected chi connectivity index (χ2v) is 5.03. The smallest absolute Gasteiger partial charge is 0.165 e. The average molecular weight is 278 g/mol. The van der Waals surface area contributed by atoms with Crippen LogP contribution in [0.2, 0.25) is 0 Å². The molecule has 1 rings (SSSR count). The fourth-order valence-corrected chi connectivity index (χ4v) is 1.79. The molecule has 0 bridgehead atoms. The molecule has 0 N–H and O–H groups in total. The zero-order valence-electron chi connectivity index (χ0n) is 13.1. The van der Waals surface area contributed by atoms with Gasteiger partial charge < -0.3 is 9.47 Å². The Bertz CT molecular complexity index is 426. The standard InChI is InChI=1S/C17H26O3/c1-5-10-19-15-9-8-14(17(18)13(4)7-3)12-16(15)20-11-6-2/h8-9,12-13H,5-7,10-11H2,1-4H3. The van der Waals surface area contributed by atoms with E-state index in [4.69, 9.17) is 9.47 Å². The highest BCUT2D eigenvalue weighted by Gasteiger charge is 2.16. The van der Waals surface area contributed by atoms with Gasteiger partial charge in [-0.3, -0.25) is 4.79 Å². The highest BCUT2D eigenvalue weighted by Crippen LogP contribution is 2.30. The van der Waals surface area contributed by atoms with Crippen LogP contribution in [0.25, 0.3) is 0 Å². The number of rotatable bonds is 9. The maximum Gasteiger partial charge on any atom is 0.165 e. The van der Waals surface area contributed by atoms with Gasteiger partial charge in [0, 0.05) is 11.5 Å². The first-order valence-electron chi connectivity index (χ1n) is 7.57. The van der Waals surface area contributed by atoms with Crippen molar-refractivity contribution in [1.29, 1.82) is 0 Å². The zero-order valence-corrected chi connectivity index (χ0v) is 13.1. The van der Waals surface area contributed by atoms with E-state index in [9.17, 15) is 4.79 Å². The van der Waals surface area contributed by atoms with Crippen molar-refractivity contribution in [3.05, 3.63) is 23.8 Å². The molecule has 0 heterocycles. The number of Topliss-reactive ketones (excluding diaryl/α,β-unsaturated/α-hetero) is 1.